The third-order valence-electron chi connectivity index (χ3n) is 3.05. The molecular formula is C16H14Cl2O3. The second-order valence-electron chi connectivity index (χ2n) is 4.65. The van der Waals surface area contributed by atoms with E-state index in [4.69, 9.17) is 27.9 Å². The minimum absolute atomic E-state index is 0.191. The average Bonchev–Trinajstić information content (AvgIpc) is 2.44. The summed E-state index contributed by atoms with van der Waals surface area (Å²) >= 11 is 12.0. The zero-order valence-corrected chi connectivity index (χ0v) is 12.9. The van der Waals surface area contributed by atoms with E-state index in [-0.39, 0.29) is 6.42 Å². The lowest BCUT2D eigenvalue weighted by atomic mass is 10.1. The van der Waals surface area contributed by atoms with Crippen molar-refractivity contribution >= 4 is 29.2 Å². The number of hydrogen-bond donors (Lipinski definition) is 1. The molecular weight excluding hydrogens is 311 g/mol. The van der Waals surface area contributed by atoms with Crippen molar-refractivity contribution in [2.75, 3.05) is 0 Å². The fraction of sp³-hybridized carbons (Fsp3) is 0.188. The fourth-order valence-electron chi connectivity index (χ4n) is 1.90. The summed E-state index contributed by atoms with van der Waals surface area (Å²) in [4.78, 5) is 11.4. The van der Waals surface area contributed by atoms with Gasteiger partial charge in [0.25, 0.3) is 0 Å². The van der Waals surface area contributed by atoms with Gasteiger partial charge in [0.05, 0.1) is 0 Å². The number of carboxylic acids is 1. The van der Waals surface area contributed by atoms with Gasteiger partial charge in [-0.1, -0.05) is 41.4 Å². The molecule has 0 aliphatic carbocycles. The van der Waals surface area contributed by atoms with E-state index in [1.165, 1.54) is 0 Å². The van der Waals surface area contributed by atoms with Crippen molar-refractivity contribution < 1.29 is 14.6 Å². The minimum atomic E-state index is -1.04. The Balaban J connectivity index is 2.18. The Morgan fingerprint density at radius 3 is 2.52 bits per heavy atom. The smallest absolute Gasteiger partial charge is 0.345 e. The molecule has 0 bridgehead atoms. The summed E-state index contributed by atoms with van der Waals surface area (Å²) in [5.74, 6) is -0.570. The van der Waals surface area contributed by atoms with Crippen LogP contribution in [0.2, 0.25) is 10.0 Å². The van der Waals surface area contributed by atoms with Gasteiger partial charge in [-0.2, -0.15) is 0 Å². The first-order valence-electron chi connectivity index (χ1n) is 6.36. The highest BCUT2D eigenvalue weighted by Gasteiger charge is 2.21. The SMILES string of the molecule is Cc1cc(OC(Cc2ccccc2Cl)C(=O)O)ccc1Cl. The van der Waals surface area contributed by atoms with Crippen LogP contribution in [-0.4, -0.2) is 17.2 Å². The number of aryl methyl sites for hydroxylation is 1. The number of aliphatic carboxylic acids is 1. The molecule has 5 heteroatoms. The quantitative estimate of drug-likeness (QED) is 0.887. The summed E-state index contributed by atoms with van der Waals surface area (Å²) in [7, 11) is 0. The van der Waals surface area contributed by atoms with Gasteiger partial charge < -0.3 is 9.84 Å². The molecule has 0 fully saturated rings. The Labute approximate surface area is 133 Å². The fourth-order valence-corrected chi connectivity index (χ4v) is 2.23. The molecule has 0 amide bonds. The first kappa shape index (κ1) is 15.7. The summed E-state index contributed by atoms with van der Waals surface area (Å²) in [6.07, 6.45) is -0.818. The highest BCUT2D eigenvalue weighted by molar-refractivity contribution is 6.31. The maximum absolute atomic E-state index is 11.4. The van der Waals surface area contributed by atoms with E-state index in [0.29, 0.717) is 15.8 Å². The number of halogens is 2. The van der Waals surface area contributed by atoms with E-state index in [1.54, 1.807) is 36.4 Å². The van der Waals surface area contributed by atoms with Crippen LogP contribution in [0, 0.1) is 6.92 Å². The van der Waals surface area contributed by atoms with Crippen molar-refractivity contribution in [1.29, 1.82) is 0 Å². The molecule has 1 N–H and O–H groups in total. The second-order valence-corrected chi connectivity index (χ2v) is 5.47. The Morgan fingerprint density at radius 1 is 1.19 bits per heavy atom. The van der Waals surface area contributed by atoms with Crippen LogP contribution in [0.1, 0.15) is 11.1 Å². The van der Waals surface area contributed by atoms with Crippen molar-refractivity contribution in [2.24, 2.45) is 0 Å². The molecule has 1 unspecified atom stereocenters. The maximum atomic E-state index is 11.4. The molecule has 0 saturated heterocycles. The van der Waals surface area contributed by atoms with Crippen LogP contribution >= 0.6 is 23.2 Å². The van der Waals surface area contributed by atoms with Gasteiger partial charge in [-0.15, -0.1) is 0 Å². The lowest BCUT2D eigenvalue weighted by Crippen LogP contribution is -2.29. The molecule has 2 aromatic rings. The first-order chi connectivity index (χ1) is 9.97. The van der Waals surface area contributed by atoms with Gasteiger partial charge >= 0.3 is 5.97 Å². The largest absolute Gasteiger partial charge is 0.478 e. The number of rotatable bonds is 5. The van der Waals surface area contributed by atoms with Crippen molar-refractivity contribution in [3.05, 3.63) is 63.6 Å². The predicted molar refractivity (Wildman–Crippen MR) is 83.4 cm³/mol. The van der Waals surface area contributed by atoms with Crippen molar-refractivity contribution in [3.8, 4) is 5.75 Å². The second kappa shape index (κ2) is 6.83. The number of hydrogen-bond acceptors (Lipinski definition) is 2. The molecule has 0 aromatic heterocycles. The van der Waals surface area contributed by atoms with E-state index >= 15 is 0 Å². The van der Waals surface area contributed by atoms with Crippen molar-refractivity contribution in [3.63, 3.8) is 0 Å². The molecule has 0 heterocycles. The molecule has 0 radical (unpaired) electrons. The van der Waals surface area contributed by atoms with Gasteiger partial charge in [0.15, 0.2) is 6.10 Å². The van der Waals surface area contributed by atoms with Crippen LogP contribution in [0.15, 0.2) is 42.5 Å². The highest BCUT2D eigenvalue weighted by atomic mass is 35.5. The molecule has 0 aliphatic rings. The van der Waals surface area contributed by atoms with E-state index in [0.717, 1.165) is 11.1 Å². The third kappa shape index (κ3) is 4.13. The van der Waals surface area contributed by atoms with Crippen LogP contribution in [0.25, 0.3) is 0 Å². The lowest BCUT2D eigenvalue weighted by Gasteiger charge is -2.16. The van der Waals surface area contributed by atoms with Crippen LogP contribution in [0.3, 0.4) is 0 Å². The molecule has 21 heavy (non-hydrogen) atoms. The molecule has 2 aromatic carbocycles. The summed E-state index contributed by atoms with van der Waals surface area (Å²) in [6, 6.07) is 12.2. The van der Waals surface area contributed by atoms with E-state index in [9.17, 15) is 9.90 Å². The van der Waals surface area contributed by atoms with E-state index in [1.807, 2.05) is 13.0 Å². The van der Waals surface area contributed by atoms with E-state index in [2.05, 4.69) is 0 Å². The lowest BCUT2D eigenvalue weighted by molar-refractivity contribution is -0.145. The average molecular weight is 325 g/mol. The summed E-state index contributed by atoms with van der Waals surface area (Å²) in [6.45, 7) is 1.83. The monoisotopic (exact) mass is 324 g/mol. The van der Waals surface area contributed by atoms with Gasteiger partial charge in [0.1, 0.15) is 5.75 Å². The van der Waals surface area contributed by atoms with Crippen LogP contribution in [-0.2, 0) is 11.2 Å². The molecule has 2 rings (SSSR count). The van der Waals surface area contributed by atoms with Gasteiger partial charge in [0, 0.05) is 16.5 Å². The first-order valence-corrected chi connectivity index (χ1v) is 7.12. The molecule has 0 saturated carbocycles. The Hall–Kier alpha value is -1.71. The van der Waals surface area contributed by atoms with Gasteiger partial charge in [-0.25, -0.2) is 4.79 Å². The number of ether oxygens (including phenoxy) is 1. The van der Waals surface area contributed by atoms with E-state index < -0.39 is 12.1 Å². The molecule has 1 atom stereocenters. The number of benzene rings is 2. The van der Waals surface area contributed by atoms with Crippen LogP contribution in [0.5, 0.6) is 5.75 Å². The standard InChI is InChI=1S/C16H14Cl2O3/c1-10-8-12(6-7-13(10)17)21-15(16(19)20)9-11-4-2-3-5-14(11)18/h2-8,15H,9H2,1H3,(H,19,20). The molecule has 0 spiro atoms. The number of carbonyl (C=O) groups is 1. The van der Waals surface area contributed by atoms with Crippen LogP contribution < -0.4 is 4.74 Å². The van der Waals surface area contributed by atoms with Crippen LogP contribution in [0.4, 0.5) is 0 Å². The molecule has 3 nitrogen and oxygen atoms in total. The minimum Gasteiger partial charge on any atom is -0.478 e. The summed E-state index contributed by atoms with van der Waals surface area (Å²) < 4.78 is 5.55. The summed E-state index contributed by atoms with van der Waals surface area (Å²) in [5.41, 5.74) is 1.56. The normalized spacial score (nSPS) is 12.0. The predicted octanol–water partition coefficient (Wildman–Crippen LogP) is 4.38. The van der Waals surface area contributed by atoms with Gasteiger partial charge in [0.2, 0.25) is 0 Å². The van der Waals surface area contributed by atoms with Crippen molar-refractivity contribution in [2.45, 2.75) is 19.4 Å². The van der Waals surface area contributed by atoms with Gasteiger partial charge in [-0.05, 0) is 42.3 Å². The van der Waals surface area contributed by atoms with Gasteiger partial charge in [-0.3, -0.25) is 0 Å². The zero-order chi connectivity index (χ0) is 15.4. The Morgan fingerprint density at radius 2 is 1.90 bits per heavy atom. The number of carboxylic acid groups (broad SMARTS) is 1. The molecule has 0 aliphatic heterocycles. The zero-order valence-electron chi connectivity index (χ0n) is 11.3. The van der Waals surface area contributed by atoms with Crippen molar-refractivity contribution in [1.82, 2.24) is 0 Å². The third-order valence-corrected chi connectivity index (χ3v) is 3.84. The molecule has 110 valence electrons. The Bertz CT molecular complexity index is 656. The topological polar surface area (TPSA) is 46.5 Å². The Kier molecular flexibility index (Phi) is 5.10. The highest BCUT2D eigenvalue weighted by Crippen LogP contribution is 2.24. The summed E-state index contributed by atoms with van der Waals surface area (Å²) in [5, 5.41) is 10.5. The maximum Gasteiger partial charge on any atom is 0.345 e.